The van der Waals surface area contributed by atoms with E-state index in [2.05, 4.69) is 58.6 Å². The minimum absolute atomic E-state index is 0.238. The number of rotatable bonds is 10. The fourth-order valence-corrected chi connectivity index (χ4v) is 4.66. The normalized spacial score (nSPS) is 21.2. The van der Waals surface area contributed by atoms with E-state index in [9.17, 15) is 4.39 Å². The first kappa shape index (κ1) is 30.6. The van der Waals surface area contributed by atoms with Crippen molar-refractivity contribution in [2.75, 3.05) is 40.3 Å². The second kappa shape index (κ2) is 15.6. The van der Waals surface area contributed by atoms with Crippen LogP contribution in [0.1, 0.15) is 33.6 Å². The van der Waals surface area contributed by atoms with Crippen LogP contribution in [0, 0.1) is 23.3 Å². The van der Waals surface area contributed by atoms with E-state index >= 15 is 0 Å². The van der Waals surface area contributed by atoms with E-state index in [-0.39, 0.29) is 11.7 Å². The molecule has 0 radical (unpaired) electrons. The molecule has 2 atom stereocenters. The minimum Gasteiger partial charge on any atom is -0.374 e. The first-order chi connectivity index (χ1) is 19.4. The zero-order valence-electron chi connectivity index (χ0n) is 24.3. The van der Waals surface area contributed by atoms with Crippen LogP contribution in [-0.4, -0.2) is 69.5 Å². The summed E-state index contributed by atoms with van der Waals surface area (Å²) in [6.45, 7) is 9.18. The summed E-state index contributed by atoms with van der Waals surface area (Å²) < 4.78 is 14.5. The van der Waals surface area contributed by atoms with Gasteiger partial charge in [0.25, 0.3) is 0 Å². The number of nitrogens with one attached hydrogen (secondary N) is 4. The van der Waals surface area contributed by atoms with Crippen molar-refractivity contribution in [1.82, 2.24) is 20.9 Å². The predicted octanol–water partition coefficient (Wildman–Crippen LogP) is 4.59. The smallest absolute Gasteiger partial charge is 0.126 e. The summed E-state index contributed by atoms with van der Waals surface area (Å²) in [5.74, 6) is 4.20. The summed E-state index contributed by atoms with van der Waals surface area (Å²) in [5.41, 5.74) is 4.10. The Hall–Kier alpha value is -3.96. The molecule has 1 saturated heterocycles. The van der Waals surface area contributed by atoms with Gasteiger partial charge in [0.15, 0.2) is 0 Å². The number of halogens is 1. The molecule has 40 heavy (non-hydrogen) atoms. The molecule has 0 spiro atoms. The molecule has 0 aromatic heterocycles. The lowest BCUT2D eigenvalue weighted by atomic mass is 9.93. The zero-order valence-corrected chi connectivity index (χ0v) is 24.3. The fraction of sp³-hybridized carbons (Fsp3) is 0.406. The van der Waals surface area contributed by atoms with Gasteiger partial charge in [0.1, 0.15) is 17.5 Å². The summed E-state index contributed by atoms with van der Waals surface area (Å²) in [7, 11) is 3.58. The number of hydrogen-bond donors (Lipinski definition) is 4. The van der Waals surface area contributed by atoms with Gasteiger partial charge in [-0.2, -0.15) is 0 Å². The molecule has 7 nitrogen and oxygen atoms in total. The Kier molecular flexibility index (Phi) is 11.9. The lowest BCUT2D eigenvalue weighted by Crippen LogP contribution is -2.51. The number of hydrogen-bond acceptors (Lipinski definition) is 6. The summed E-state index contributed by atoms with van der Waals surface area (Å²) in [6.07, 6.45) is 17.5. The van der Waals surface area contributed by atoms with Crippen molar-refractivity contribution in [3.05, 3.63) is 82.0 Å². The molecule has 3 aliphatic rings. The average molecular weight is 544 g/mol. The van der Waals surface area contributed by atoms with Crippen molar-refractivity contribution in [3.8, 4) is 12.0 Å². The van der Waals surface area contributed by atoms with Crippen molar-refractivity contribution in [3.63, 3.8) is 0 Å². The van der Waals surface area contributed by atoms with Crippen molar-refractivity contribution in [2.24, 2.45) is 15.9 Å². The van der Waals surface area contributed by atoms with E-state index < -0.39 is 0 Å². The van der Waals surface area contributed by atoms with E-state index in [1.165, 1.54) is 6.08 Å². The number of piperazine rings is 1. The standard InChI is InChI=1S/C32H42FN7/c1-6-23(2)28(20-35-4)29(31(34)40-18-17-38-24(3)22-40)21-37-19-26-12-10-16-39-32(36-5)27(26)15-14-25-11-8-7-9-13-30(25)33/h7-9,12-15,19-20,23-24,34,36,38-39H,6,11,17-18,21-22H2,1-5H3/b15-14+,29-28-,34-31?,35-20?,37-19?/t23?,24-/m0/s1. The third kappa shape index (κ3) is 8.27. The van der Waals surface area contributed by atoms with Crippen LogP contribution < -0.4 is 16.0 Å². The van der Waals surface area contributed by atoms with Crippen molar-refractivity contribution >= 4 is 18.3 Å². The van der Waals surface area contributed by atoms with E-state index in [1.54, 1.807) is 31.5 Å². The SMILES string of the molecule is CCC(C)/C(C=NC)=C(/CN=CC1=CC#CNC(NC)=C1/C=C/C1=C(F)C=CC=CC1)C(=N)N1CCN[C@@H](C)C1. The highest BCUT2D eigenvalue weighted by Gasteiger charge is 2.23. The molecule has 0 bridgehead atoms. The summed E-state index contributed by atoms with van der Waals surface area (Å²) in [4.78, 5) is 11.3. The van der Waals surface area contributed by atoms with Crippen molar-refractivity contribution in [2.45, 2.75) is 39.7 Å². The van der Waals surface area contributed by atoms with Gasteiger partial charge in [-0.15, -0.1) is 0 Å². The van der Waals surface area contributed by atoms with Gasteiger partial charge in [-0.1, -0.05) is 50.1 Å². The Morgan fingerprint density at radius 3 is 2.90 bits per heavy atom. The first-order valence-corrected chi connectivity index (χ1v) is 13.9. The van der Waals surface area contributed by atoms with Crippen LogP contribution in [0.5, 0.6) is 0 Å². The highest BCUT2D eigenvalue weighted by atomic mass is 19.1. The molecule has 212 valence electrons. The molecular weight excluding hydrogens is 501 g/mol. The lowest BCUT2D eigenvalue weighted by molar-refractivity contribution is 0.302. The molecule has 3 rings (SSSR count). The maximum Gasteiger partial charge on any atom is 0.126 e. The molecule has 0 saturated carbocycles. The number of amidine groups is 1. The third-order valence-electron chi connectivity index (χ3n) is 7.11. The monoisotopic (exact) mass is 543 g/mol. The topological polar surface area (TPSA) is 87.9 Å². The van der Waals surface area contributed by atoms with Gasteiger partial charge >= 0.3 is 0 Å². The average Bonchev–Trinajstić information content (AvgIpc) is 3.29. The molecule has 1 fully saturated rings. The van der Waals surface area contributed by atoms with Gasteiger partial charge in [0.2, 0.25) is 0 Å². The molecule has 0 amide bonds. The Balaban J connectivity index is 1.96. The maximum atomic E-state index is 14.5. The van der Waals surface area contributed by atoms with Crippen LogP contribution in [0.25, 0.3) is 0 Å². The fourth-order valence-electron chi connectivity index (χ4n) is 4.66. The maximum absolute atomic E-state index is 14.5. The summed E-state index contributed by atoms with van der Waals surface area (Å²) in [6, 6.07) is 3.22. The molecule has 0 aromatic carbocycles. The van der Waals surface area contributed by atoms with Gasteiger partial charge in [-0.3, -0.25) is 15.4 Å². The minimum atomic E-state index is -0.254. The van der Waals surface area contributed by atoms with Gasteiger partial charge in [-0.25, -0.2) is 4.39 Å². The molecule has 0 aromatic rings. The second-order valence-corrected chi connectivity index (χ2v) is 9.98. The number of nitrogens with zero attached hydrogens (tertiary/aromatic N) is 3. The molecule has 2 aliphatic heterocycles. The van der Waals surface area contributed by atoms with Gasteiger partial charge in [0.05, 0.1) is 6.54 Å². The summed E-state index contributed by atoms with van der Waals surface area (Å²) in [5, 5.41) is 18.8. The number of aliphatic imine (C=N–C) groups is 2. The molecule has 1 aliphatic carbocycles. The summed E-state index contributed by atoms with van der Waals surface area (Å²) >= 11 is 0. The molecule has 8 heteroatoms. The van der Waals surface area contributed by atoms with E-state index in [0.29, 0.717) is 36.2 Å². The van der Waals surface area contributed by atoms with Crippen molar-refractivity contribution < 1.29 is 4.39 Å². The molecule has 4 N–H and O–H groups in total. The highest BCUT2D eigenvalue weighted by Crippen LogP contribution is 2.23. The Bertz CT molecular complexity index is 1280. The molecular formula is C32H42FN7. The van der Waals surface area contributed by atoms with Crippen LogP contribution in [0.2, 0.25) is 0 Å². The van der Waals surface area contributed by atoms with Crippen LogP contribution in [-0.2, 0) is 0 Å². The van der Waals surface area contributed by atoms with E-state index in [4.69, 9.17) is 10.4 Å². The highest BCUT2D eigenvalue weighted by molar-refractivity contribution is 6.02. The van der Waals surface area contributed by atoms with Gasteiger partial charge in [-0.05, 0) is 49.0 Å². The van der Waals surface area contributed by atoms with Crippen LogP contribution in [0.3, 0.4) is 0 Å². The second-order valence-electron chi connectivity index (χ2n) is 9.98. The Morgan fingerprint density at radius 2 is 2.17 bits per heavy atom. The number of allylic oxidation sites excluding steroid dienone is 12. The van der Waals surface area contributed by atoms with E-state index in [1.807, 2.05) is 31.5 Å². The van der Waals surface area contributed by atoms with Crippen LogP contribution in [0.15, 0.2) is 92.0 Å². The largest absolute Gasteiger partial charge is 0.374 e. The van der Waals surface area contributed by atoms with Crippen LogP contribution in [0.4, 0.5) is 4.39 Å². The van der Waals surface area contributed by atoms with E-state index in [0.717, 1.165) is 48.3 Å². The quantitative estimate of drug-likeness (QED) is 0.184. The lowest BCUT2D eigenvalue weighted by Gasteiger charge is -2.35. The Labute approximate surface area is 238 Å². The first-order valence-electron chi connectivity index (χ1n) is 13.9. The Morgan fingerprint density at radius 1 is 1.35 bits per heavy atom. The predicted molar refractivity (Wildman–Crippen MR) is 166 cm³/mol. The van der Waals surface area contributed by atoms with Crippen molar-refractivity contribution in [1.29, 1.82) is 5.41 Å². The molecule has 1 unspecified atom stereocenters. The van der Waals surface area contributed by atoms with Gasteiger partial charge < -0.3 is 20.9 Å². The molecule has 2 heterocycles. The zero-order chi connectivity index (χ0) is 28.9. The van der Waals surface area contributed by atoms with Gasteiger partial charge in [0, 0.05) is 75.0 Å². The van der Waals surface area contributed by atoms with Crippen LogP contribution >= 0.6 is 0 Å². The third-order valence-corrected chi connectivity index (χ3v) is 7.11.